The molecule has 0 bridgehead atoms. The second kappa shape index (κ2) is 4.23. The Morgan fingerprint density at radius 1 is 1.79 bits per heavy atom. The maximum atomic E-state index is 10.6. The molecule has 1 rings (SSSR count). The third-order valence-corrected chi connectivity index (χ3v) is 2.38. The van der Waals surface area contributed by atoms with E-state index in [9.17, 15) is 4.79 Å². The molecule has 0 aromatic carbocycles. The molecule has 2 N–H and O–H groups in total. The number of aromatic nitrogens is 2. The van der Waals surface area contributed by atoms with Gasteiger partial charge in [0, 0.05) is 24.3 Å². The van der Waals surface area contributed by atoms with Gasteiger partial charge in [-0.25, -0.2) is 0 Å². The van der Waals surface area contributed by atoms with Gasteiger partial charge in [-0.05, 0) is 14.0 Å². The molecule has 0 spiro atoms. The van der Waals surface area contributed by atoms with Crippen LogP contribution in [0.3, 0.4) is 0 Å². The Labute approximate surface area is 82.7 Å². The van der Waals surface area contributed by atoms with Gasteiger partial charge in [0.2, 0.25) is 0 Å². The van der Waals surface area contributed by atoms with E-state index in [4.69, 9.17) is 5.11 Å². The van der Waals surface area contributed by atoms with E-state index < -0.39 is 5.97 Å². The van der Waals surface area contributed by atoms with Gasteiger partial charge < -0.3 is 10.4 Å². The maximum absolute atomic E-state index is 10.6. The second-order valence-corrected chi connectivity index (χ2v) is 3.25. The number of aryl methyl sites for hydroxylation is 1. The highest BCUT2D eigenvalue weighted by molar-refractivity contribution is 5.68. The van der Waals surface area contributed by atoms with Crippen LogP contribution in [0.5, 0.6) is 0 Å². The normalized spacial score (nSPS) is 12.8. The summed E-state index contributed by atoms with van der Waals surface area (Å²) in [6.07, 6.45) is 1.78. The van der Waals surface area contributed by atoms with E-state index in [2.05, 4.69) is 10.4 Å². The van der Waals surface area contributed by atoms with Crippen LogP contribution in [-0.2, 0) is 11.8 Å². The van der Waals surface area contributed by atoms with E-state index in [1.54, 1.807) is 17.9 Å². The first-order valence-electron chi connectivity index (χ1n) is 4.43. The smallest absolute Gasteiger partial charge is 0.305 e. The summed E-state index contributed by atoms with van der Waals surface area (Å²) < 4.78 is 1.74. The molecule has 0 amide bonds. The Morgan fingerprint density at radius 2 is 2.43 bits per heavy atom. The number of nitrogens with zero attached hydrogens (tertiary/aromatic N) is 2. The molecular weight excluding hydrogens is 182 g/mol. The fraction of sp³-hybridized carbons (Fsp3) is 0.556. The number of carbonyl (C=O) groups is 1. The number of carboxylic acids is 1. The molecule has 1 aromatic heterocycles. The first-order chi connectivity index (χ1) is 6.56. The Morgan fingerprint density at radius 3 is 2.79 bits per heavy atom. The van der Waals surface area contributed by atoms with Crippen molar-refractivity contribution in [1.82, 2.24) is 15.1 Å². The molecule has 5 heteroatoms. The van der Waals surface area contributed by atoms with Gasteiger partial charge in [-0.1, -0.05) is 0 Å². The number of hydrogen-bond acceptors (Lipinski definition) is 3. The quantitative estimate of drug-likeness (QED) is 0.736. The van der Waals surface area contributed by atoms with Crippen molar-refractivity contribution in [1.29, 1.82) is 0 Å². The van der Waals surface area contributed by atoms with E-state index in [1.807, 2.05) is 14.0 Å². The topological polar surface area (TPSA) is 67.2 Å². The lowest BCUT2D eigenvalue weighted by Crippen LogP contribution is -2.20. The van der Waals surface area contributed by atoms with Crippen LogP contribution in [0.15, 0.2) is 6.20 Å². The van der Waals surface area contributed by atoms with E-state index in [1.165, 1.54) is 0 Å². The van der Waals surface area contributed by atoms with Crippen molar-refractivity contribution in [3.63, 3.8) is 0 Å². The summed E-state index contributed by atoms with van der Waals surface area (Å²) in [4.78, 5) is 10.6. The van der Waals surface area contributed by atoms with Gasteiger partial charge in [-0.15, -0.1) is 0 Å². The van der Waals surface area contributed by atoms with Gasteiger partial charge in [-0.2, -0.15) is 5.10 Å². The number of hydrogen-bond donors (Lipinski definition) is 2. The summed E-state index contributed by atoms with van der Waals surface area (Å²) in [5.41, 5.74) is 1.93. The van der Waals surface area contributed by atoms with Gasteiger partial charge in [-0.3, -0.25) is 9.48 Å². The lowest BCUT2D eigenvalue weighted by molar-refractivity contribution is -0.137. The Balaban J connectivity index is 2.89. The third-order valence-electron chi connectivity index (χ3n) is 2.38. The minimum absolute atomic E-state index is 0.0725. The fourth-order valence-electron chi connectivity index (χ4n) is 1.40. The summed E-state index contributed by atoms with van der Waals surface area (Å²) in [7, 11) is 3.59. The van der Waals surface area contributed by atoms with Crippen molar-refractivity contribution in [3.05, 3.63) is 17.5 Å². The standard InChI is InChI=1S/C9H15N3O2/c1-6-7(5-11-12(6)3)8(10-2)4-9(13)14/h5,8,10H,4H2,1-3H3,(H,13,14). The SMILES string of the molecule is CNC(CC(=O)O)c1cnn(C)c1C. The van der Waals surface area contributed by atoms with Crippen molar-refractivity contribution >= 4 is 5.97 Å². The minimum Gasteiger partial charge on any atom is -0.481 e. The molecule has 0 fully saturated rings. The molecule has 0 aliphatic rings. The summed E-state index contributed by atoms with van der Waals surface area (Å²) in [6.45, 7) is 1.93. The van der Waals surface area contributed by atoms with Crippen LogP contribution in [0.4, 0.5) is 0 Å². The first-order valence-corrected chi connectivity index (χ1v) is 4.43. The van der Waals surface area contributed by atoms with Gasteiger partial charge >= 0.3 is 5.97 Å². The number of rotatable bonds is 4. The zero-order valence-electron chi connectivity index (χ0n) is 8.61. The fourth-order valence-corrected chi connectivity index (χ4v) is 1.40. The summed E-state index contributed by atoms with van der Waals surface area (Å²) in [5.74, 6) is -0.812. The summed E-state index contributed by atoms with van der Waals surface area (Å²) in [5, 5.41) is 15.8. The van der Waals surface area contributed by atoms with Crippen LogP contribution in [0, 0.1) is 6.92 Å². The molecule has 0 aliphatic heterocycles. The highest BCUT2D eigenvalue weighted by Gasteiger charge is 2.17. The predicted octanol–water partition coefficient (Wildman–Crippen LogP) is 0.464. The third kappa shape index (κ3) is 2.11. The van der Waals surface area contributed by atoms with E-state index in [0.29, 0.717) is 0 Å². The molecule has 0 aliphatic carbocycles. The van der Waals surface area contributed by atoms with E-state index in [0.717, 1.165) is 11.3 Å². The molecule has 78 valence electrons. The van der Waals surface area contributed by atoms with Crippen LogP contribution in [0.25, 0.3) is 0 Å². The molecule has 5 nitrogen and oxygen atoms in total. The first kappa shape index (κ1) is 10.7. The molecule has 1 aromatic rings. The lowest BCUT2D eigenvalue weighted by Gasteiger charge is -2.13. The van der Waals surface area contributed by atoms with Crippen LogP contribution in [0.2, 0.25) is 0 Å². The monoisotopic (exact) mass is 197 g/mol. The van der Waals surface area contributed by atoms with Crippen molar-refractivity contribution in [2.45, 2.75) is 19.4 Å². The van der Waals surface area contributed by atoms with Crippen LogP contribution >= 0.6 is 0 Å². The number of nitrogens with one attached hydrogen (secondary N) is 1. The highest BCUT2D eigenvalue weighted by Crippen LogP contribution is 2.19. The van der Waals surface area contributed by atoms with Crippen LogP contribution in [-0.4, -0.2) is 27.9 Å². The second-order valence-electron chi connectivity index (χ2n) is 3.25. The maximum Gasteiger partial charge on any atom is 0.305 e. The minimum atomic E-state index is -0.812. The number of carboxylic acid groups (broad SMARTS) is 1. The van der Waals surface area contributed by atoms with Crippen molar-refractivity contribution in [3.8, 4) is 0 Å². The zero-order chi connectivity index (χ0) is 10.7. The van der Waals surface area contributed by atoms with Gasteiger partial charge in [0.05, 0.1) is 12.6 Å². The van der Waals surface area contributed by atoms with Crippen molar-refractivity contribution in [2.75, 3.05) is 7.05 Å². The van der Waals surface area contributed by atoms with Gasteiger partial charge in [0.25, 0.3) is 0 Å². The van der Waals surface area contributed by atoms with Crippen molar-refractivity contribution < 1.29 is 9.90 Å². The molecule has 0 radical (unpaired) electrons. The molecule has 0 saturated carbocycles. The number of aliphatic carboxylic acids is 1. The van der Waals surface area contributed by atoms with Gasteiger partial charge in [0.1, 0.15) is 0 Å². The van der Waals surface area contributed by atoms with E-state index in [-0.39, 0.29) is 12.5 Å². The van der Waals surface area contributed by atoms with Crippen LogP contribution in [0.1, 0.15) is 23.7 Å². The Kier molecular flexibility index (Phi) is 3.24. The van der Waals surface area contributed by atoms with Crippen molar-refractivity contribution in [2.24, 2.45) is 7.05 Å². The molecular formula is C9H15N3O2. The van der Waals surface area contributed by atoms with Crippen LogP contribution < -0.4 is 5.32 Å². The molecule has 1 unspecified atom stereocenters. The lowest BCUT2D eigenvalue weighted by atomic mass is 10.1. The highest BCUT2D eigenvalue weighted by atomic mass is 16.4. The zero-order valence-corrected chi connectivity index (χ0v) is 8.61. The Hall–Kier alpha value is -1.36. The average molecular weight is 197 g/mol. The molecule has 0 saturated heterocycles. The predicted molar refractivity (Wildman–Crippen MR) is 52.0 cm³/mol. The molecule has 1 atom stereocenters. The van der Waals surface area contributed by atoms with Gasteiger partial charge in [0.15, 0.2) is 0 Å². The summed E-state index contributed by atoms with van der Waals surface area (Å²) >= 11 is 0. The molecule has 14 heavy (non-hydrogen) atoms. The summed E-state index contributed by atoms with van der Waals surface area (Å²) in [6, 6.07) is -0.166. The average Bonchev–Trinajstić information content (AvgIpc) is 2.44. The molecule has 1 heterocycles. The van der Waals surface area contributed by atoms with E-state index >= 15 is 0 Å². The largest absolute Gasteiger partial charge is 0.481 e. The Bertz CT molecular complexity index is 333.